The molecule has 84 valence electrons. The van der Waals surface area contributed by atoms with Gasteiger partial charge in [-0.15, -0.1) is 0 Å². The van der Waals surface area contributed by atoms with Crippen LogP contribution < -0.4 is 0 Å². The molecule has 0 saturated carbocycles. The number of ether oxygens (including phenoxy) is 1. The first-order chi connectivity index (χ1) is 6.77. The number of ketones is 1. The average Bonchev–Trinajstić information content (AvgIpc) is 2.44. The van der Waals surface area contributed by atoms with Crippen LogP contribution >= 0.6 is 0 Å². The zero-order chi connectivity index (χ0) is 11.7. The zero-order valence-corrected chi connectivity index (χ0v) is 7.93. The van der Waals surface area contributed by atoms with Crippen molar-refractivity contribution in [1.29, 1.82) is 0 Å². The van der Waals surface area contributed by atoms with Crippen LogP contribution in [0.15, 0.2) is 12.2 Å². The fourth-order valence-corrected chi connectivity index (χ4v) is 1.24. The Bertz CT molecular complexity index is 319. The Morgan fingerprint density at radius 3 is 2.47 bits per heavy atom. The van der Waals surface area contributed by atoms with Crippen LogP contribution in [-0.2, 0) is 14.3 Å². The summed E-state index contributed by atoms with van der Waals surface area (Å²) in [4.78, 5) is 21.3. The largest absolute Gasteiger partial charge is 0.442 e. The molecule has 0 aliphatic carbocycles. The molecule has 1 heterocycles. The first-order valence-electron chi connectivity index (χ1n) is 4.25. The summed E-state index contributed by atoms with van der Waals surface area (Å²) in [5, 5.41) is 0. The number of carbonyl (C=O) groups is 2. The van der Waals surface area contributed by atoms with Gasteiger partial charge in [0, 0.05) is 18.9 Å². The summed E-state index contributed by atoms with van der Waals surface area (Å²) >= 11 is 0. The number of carbonyl (C=O) groups excluding carboxylic acids is 2. The van der Waals surface area contributed by atoms with E-state index in [9.17, 15) is 22.8 Å². The van der Waals surface area contributed by atoms with Gasteiger partial charge in [0.1, 0.15) is 5.78 Å². The van der Waals surface area contributed by atoms with Crippen LogP contribution in [0.5, 0.6) is 0 Å². The highest BCUT2D eigenvalue weighted by molar-refractivity contribution is 5.85. The molecule has 0 N–H and O–H groups in total. The van der Waals surface area contributed by atoms with Crippen molar-refractivity contribution in [3.63, 3.8) is 0 Å². The summed E-state index contributed by atoms with van der Waals surface area (Å²) in [6.45, 7) is 1.19. The Morgan fingerprint density at radius 1 is 1.53 bits per heavy atom. The molecule has 1 aliphatic rings. The monoisotopic (exact) mass is 222 g/mol. The third kappa shape index (κ3) is 2.37. The molecule has 1 rings (SSSR count). The minimum Gasteiger partial charge on any atom is -0.442 e. The highest BCUT2D eigenvalue weighted by Crippen LogP contribution is 2.41. The van der Waals surface area contributed by atoms with Gasteiger partial charge in [0.15, 0.2) is 0 Å². The normalized spacial score (nSPS) is 25.5. The molecule has 0 saturated heterocycles. The van der Waals surface area contributed by atoms with Crippen LogP contribution in [0.4, 0.5) is 13.2 Å². The van der Waals surface area contributed by atoms with E-state index in [1.165, 1.54) is 6.92 Å². The molecule has 6 heteroatoms. The van der Waals surface area contributed by atoms with Crippen molar-refractivity contribution in [3.8, 4) is 0 Å². The summed E-state index contributed by atoms with van der Waals surface area (Å²) < 4.78 is 42.0. The molecule has 0 fully saturated rings. The minimum absolute atomic E-state index is 0.281. The number of esters is 1. The van der Waals surface area contributed by atoms with Gasteiger partial charge in [-0.3, -0.25) is 0 Å². The first kappa shape index (κ1) is 11.7. The fraction of sp³-hybridized carbons (Fsp3) is 0.556. The number of rotatable bonds is 3. The lowest BCUT2D eigenvalue weighted by atomic mass is 9.96. The molecule has 0 bridgehead atoms. The van der Waals surface area contributed by atoms with Crippen LogP contribution in [-0.4, -0.2) is 23.5 Å². The molecule has 1 aliphatic heterocycles. The Labute approximate surface area is 83.9 Å². The second-order valence-electron chi connectivity index (χ2n) is 3.34. The standard InChI is InChI=1S/C9H9F3O3/c1-6(13)2-4-8(9(10,11)12)5-3-7(14)15-8/h3,5H,2,4H2,1H3. The van der Waals surface area contributed by atoms with Crippen molar-refractivity contribution in [1.82, 2.24) is 0 Å². The Balaban J connectivity index is 2.85. The van der Waals surface area contributed by atoms with Crippen LogP contribution in [0.2, 0.25) is 0 Å². The molecule has 0 aromatic heterocycles. The van der Waals surface area contributed by atoms with E-state index in [-0.39, 0.29) is 12.2 Å². The van der Waals surface area contributed by atoms with Gasteiger partial charge < -0.3 is 9.53 Å². The van der Waals surface area contributed by atoms with Gasteiger partial charge in [-0.05, 0) is 13.0 Å². The molecule has 0 aromatic rings. The van der Waals surface area contributed by atoms with Crippen molar-refractivity contribution in [2.45, 2.75) is 31.5 Å². The third-order valence-electron chi connectivity index (χ3n) is 2.10. The van der Waals surface area contributed by atoms with E-state index in [2.05, 4.69) is 4.74 Å². The summed E-state index contributed by atoms with van der Waals surface area (Å²) in [5.74, 6) is -1.41. The zero-order valence-electron chi connectivity index (χ0n) is 7.93. The number of cyclic esters (lactones) is 1. The Hall–Kier alpha value is -1.33. The molecule has 15 heavy (non-hydrogen) atoms. The topological polar surface area (TPSA) is 43.4 Å². The van der Waals surface area contributed by atoms with Crippen molar-refractivity contribution < 1.29 is 27.5 Å². The third-order valence-corrected chi connectivity index (χ3v) is 2.10. The maximum atomic E-state index is 12.6. The van der Waals surface area contributed by atoms with E-state index < -0.39 is 24.2 Å². The van der Waals surface area contributed by atoms with E-state index in [4.69, 9.17) is 0 Å². The Kier molecular flexibility index (Phi) is 2.88. The van der Waals surface area contributed by atoms with Crippen molar-refractivity contribution in [2.24, 2.45) is 0 Å². The van der Waals surface area contributed by atoms with Crippen LogP contribution in [0.1, 0.15) is 19.8 Å². The number of hydrogen-bond acceptors (Lipinski definition) is 3. The molecule has 1 unspecified atom stereocenters. The number of alkyl halides is 3. The summed E-state index contributed by atoms with van der Waals surface area (Å²) in [5.41, 5.74) is -2.62. The van der Waals surface area contributed by atoms with E-state index in [0.717, 1.165) is 6.08 Å². The smallest absolute Gasteiger partial charge is 0.432 e. The van der Waals surface area contributed by atoms with Crippen LogP contribution in [0.25, 0.3) is 0 Å². The van der Waals surface area contributed by atoms with Gasteiger partial charge >= 0.3 is 12.1 Å². The van der Waals surface area contributed by atoms with Crippen molar-refractivity contribution in [3.05, 3.63) is 12.2 Å². The molecule has 0 radical (unpaired) electrons. The first-order valence-corrected chi connectivity index (χ1v) is 4.25. The summed E-state index contributed by atoms with van der Waals surface area (Å²) in [6.07, 6.45) is -4.14. The van der Waals surface area contributed by atoms with Gasteiger partial charge in [0.25, 0.3) is 0 Å². The van der Waals surface area contributed by atoms with E-state index in [1.54, 1.807) is 0 Å². The predicted molar refractivity (Wildman–Crippen MR) is 43.9 cm³/mol. The average molecular weight is 222 g/mol. The van der Waals surface area contributed by atoms with Crippen LogP contribution in [0, 0.1) is 0 Å². The maximum Gasteiger partial charge on any atom is 0.432 e. The highest BCUT2D eigenvalue weighted by atomic mass is 19.4. The molecule has 0 amide bonds. The molecular formula is C9H9F3O3. The lowest BCUT2D eigenvalue weighted by molar-refractivity contribution is -0.247. The van der Waals surface area contributed by atoms with Gasteiger partial charge in [-0.1, -0.05) is 0 Å². The summed E-state index contributed by atoms with van der Waals surface area (Å²) in [7, 11) is 0. The molecule has 1 atom stereocenters. The fourth-order valence-electron chi connectivity index (χ4n) is 1.24. The molecule has 0 aromatic carbocycles. The maximum absolute atomic E-state index is 12.6. The van der Waals surface area contributed by atoms with Gasteiger partial charge in [0.05, 0.1) is 0 Å². The van der Waals surface area contributed by atoms with Crippen LogP contribution in [0.3, 0.4) is 0 Å². The molecular weight excluding hydrogens is 213 g/mol. The Morgan fingerprint density at radius 2 is 2.13 bits per heavy atom. The SMILES string of the molecule is CC(=O)CCC1(C(F)(F)F)C=CC(=O)O1. The highest BCUT2D eigenvalue weighted by Gasteiger charge is 2.58. The lowest BCUT2D eigenvalue weighted by Gasteiger charge is -2.28. The van der Waals surface area contributed by atoms with Crippen molar-refractivity contribution in [2.75, 3.05) is 0 Å². The van der Waals surface area contributed by atoms with Gasteiger partial charge in [0.2, 0.25) is 5.60 Å². The quantitative estimate of drug-likeness (QED) is 0.683. The van der Waals surface area contributed by atoms with Gasteiger partial charge in [-0.2, -0.15) is 13.2 Å². The van der Waals surface area contributed by atoms with Crippen molar-refractivity contribution >= 4 is 11.8 Å². The van der Waals surface area contributed by atoms with Gasteiger partial charge in [-0.25, -0.2) is 4.79 Å². The van der Waals surface area contributed by atoms with E-state index in [0.29, 0.717) is 6.08 Å². The number of halogens is 3. The minimum atomic E-state index is -4.69. The molecule has 0 spiro atoms. The van der Waals surface area contributed by atoms with E-state index >= 15 is 0 Å². The number of hydrogen-bond donors (Lipinski definition) is 0. The predicted octanol–water partition coefficient (Wildman–Crippen LogP) is 1.77. The molecule has 3 nitrogen and oxygen atoms in total. The van der Waals surface area contributed by atoms with E-state index in [1.807, 2.05) is 0 Å². The number of Topliss-reactive ketones (excluding diaryl/α,β-unsaturated/α-hetero) is 1. The summed E-state index contributed by atoms with van der Waals surface area (Å²) in [6, 6.07) is 0. The lowest BCUT2D eigenvalue weighted by Crippen LogP contribution is -2.44. The second kappa shape index (κ2) is 3.67. The second-order valence-corrected chi connectivity index (χ2v) is 3.34.